The van der Waals surface area contributed by atoms with Gasteiger partial charge in [0.25, 0.3) is 0 Å². The van der Waals surface area contributed by atoms with Crippen LogP contribution in [0.3, 0.4) is 0 Å². The van der Waals surface area contributed by atoms with Crippen molar-refractivity contribution in [3.63, 3.8) is 0 Å². The van der Waals surface area contributed by atoms with Crippen LogP contribution in [0.15, 0.2) is 0 Å². The number of likely N-dealkylation sites (tertiary alicyclic amines) is 1. The second kappa shape index (κ2) is 6.53. The Kier molecular flexibility index (Phi) is 5.01. The summed E-state index contributed by atoms with van der Waals surface area (Å²) in [6.07, 6.45) is 7.74. The zero-order valence-corrected chi connectivity index (χ0v) is 11.2. The van der Waals surface area contributed by atoms with Crippen LogP contribution >= 0.6 is 0 Å². The monoisotopic (exact) mass is 254 g/mol. The Hall–Kier alpha value is -0.610. The van der Waals surface area contributed by atoms with Gasteiger partial charge in [-0.25, -0.2) is 0 Å². The van der Waals surface area contributed by atoms with Crippen molar-refractivity contribution in [2.75, 3.05) is 13.1 Å². The Bertz CT molecular complexity index is 283. The minimum Gasteiger partial charge on any atom is -0.392 e. The molecule has 104 valence electrons. The number of nitrogens with zero attached hydrogens (tertiary/aromatic N) is 1. The molecule has 3 atom stereocenters. The third kappa shape index (κ3) is 3.45. The zero-order chi connectivity index (χ0) is 13.0. The first kappa shape index (κ1) is 13.8. The van der Waals surface area contributed by atoms with Gasteiger partial charge in [0, 0.05) is 25.6 Å². The van der Waals surface area contributed by atoms with Crippen LogP contribution in [0, 0.1) is 5.92 Å². The van der Waals surface area contributed by atoms with Crippen LogP contribution in [-0.2, 0) is 4.79 Å². The fourth-order valence-electron chi connectivity index (χ4n) is 3.27. The Morgan fingerprint density at radius 2 is 2.11 bits per heavy atom. The van der Waals surface area contributed by atoms with Gasteiger partial charge in [-0.2, -0.15) is 0 Å². The Morgan fingerprint density at radius 3 is 2.89 bits per heavy atom. The number of nitrogens with two attached hydrogens (primary N) is 1. The molecule has 4 heteroatoms. The number of piperidine rings is 1. The van der Waals surface area contributed by atoms with Gasteiger partial charge in [0.2, 0.25) is 5.91 Å². The second-order valence-corrected chi connectivity index (χ2v) is 5.82. The number of aliphatic hydroxyl groups excluding tert-OH is 1. The van der Waals surface area contributed by atoms with E-state index in [9.17, 15) is 9.90 Å². The fourth-order valence-corrected chi connectivity index (χ4v) is 3.27. The molecule has 1 aliphatic heterocycles. The molecule has 0 aromatic heterocycles. The summed E-state index contributed by atoms with van der Waals surface area (Å²) in [4.78, 5) is 13.6. The maximum Gasteiger partial charge on any atom is 0.222 e. The number of rotatable bonds is 4. The van der Waals surface area contributed by atoms with Gasteiger partial charge in [0.1, 0.15) is 0 Å². The molecule has 0 aromatic rings. The number of carbonyl (C=O) groups is 1. The van der Waals surface area contributed by atoms with Crippen molar-refractivity contribution in [3.05, 3.63) is 0 Å². The quantitative estimate of drug-likeness (QED) is 0.794. The number of hydrogen-bond donors (Lipinski definition) is 2. The third-order valence-corrected chi connectivity index (χ3v) is 4.49. The summed E-state index contributed by atoms with van der Waals surface area (Å²) < 4.78 is 0. The maximum atomic E-state index is 11.7. The van der Waals surface area contributed by atoms with Crippen molar-refractivity contribution < 1.29 is 9.90 Å². The van der Waals surface area contributed by atoms with Gasteiger partial charge < -0.3 is 15.7 Å². The fraction of sp³-hybridized carbons (Fsp3) is 0.929. The lowest BCUT2D eigenvalue weighted by Gasteiger charge is -2.33. The molecule has 18 heavy (non-hydrogen) atoms. The smallest absolute Gasteiger partial charge is 0.222 e. The Balaban J connectivity index is 1.69. The van der Waals surface area contributed by atoms with E-state index >= 15 is 0 Å². The van der Waals surface area contributed by atoms with E-state index in [0.29, 0.717) is 11.8 Å². The molecule has 3 N–H and O–H groups in total. The molecule has 0 radical (unpaired) electrons. The van der Waals surface area contributed by atoms with Crippen LogP contribution in [0.4, 0.5) is 0 Å². The highest BCUT2D eigenvalue weighted by atomic mass is 16.3. The first-order valence-electron chi connectivity index (χ1n) is 7.40. The maximum absolute atomic E-state index is 11.7. The van der Waals surface area contributed by atoms with Crippen molar-refractivity contribution in [1.82, 2.24) is 4.90 Å². The molecule has 2 rings (SSSR count). The van der Waals surface area contributed by atoms with Crippen molar-refractivity contribution in [2.45, 2.75) is 63.5 Å². The Morgan fingerprint density at radius 1 is 1.28 bits per heavy atom. The topological polar surface area (TPSA) is 66.6 Å². The van der Waals surface area contributed by atoms with Gasteiger partial charge in [-0.15, -0.1) is 0 Å². The average molecular weight is 254 g/mol. The highest BCUT2D eigenvalue weighted by molar-refractivity contribution is 5.76. The number of amides is 1. The lowest BCUT2D eigenvalue weighted by molar-refractivity contribution is -0.133. The normalized spacial score (nSPS) is 33.8. The molecule has 1 saturated heterocycles. The van der Waals surface area contributed by atoms with Crippen LogP contribution in [0.25, 0.3) is 0 Å². The highest BCUT2D eigenvalue weighted by Crippen LogP contribution is 2.27. The molecule has 1 saturated carbocycles. The minimum absolute atomic E-state index is 0.0594. The third-order valence-electron chi connectivity index (χ3n) is 4.49. The number of aliphatic hydroxyl groups is 1. The van der Waals surface area contributed by atoms with Crippen molar-refractivity contribution in [3.8, 4) is 0 Å². The summed E-state index contributed by atoms with van der Waals surface area (Å²) in [5.74, 6) is 0.753. The summed E-state index contributed by atoms with van der Waals surface area (Å²) in [6, 6.07) is -0.0594. The van der Waals surface area contributed by atoms with E-state index in [-0.39, 0.29) is 12.1 Å². The van der Waals surface area contributed by atoms with Gasteiger partial charge in [0.15, 0.2) is 0 Å². The largest absolute Gasteiger partial charge is 0.392 e. The summed E-state index contributed by atoms with van der Waals surface area (Å²) in [7, 11) is 0. The SMILES string of the molecule is NC1C(O)CCCC1CCCN1CCCCC1=O. The van der Waals surface area contributed by atoms with Crippen molar-refractivity contribution in [2.24, 2.45) is 11.7 Å². The van der Waals surface area contributed by atoms with E-state index in [1.807, 2.05) is 4.90 Å². The molecular formula is C14H26N2O2. The van der Waals surface area contributed by atoms with Gasteiger partial charge in [-0.1, -0.05) is 6.42 Å². The van der Waals surface area contributed by atoms with Crippen LogP contribution < -0.4 is 5.73 Å². The predicted molar refractivity (Wildman–Crippen MR) is 71.0 cm³/mol. The predicted octanol–water partition coefficient (Wildman–Crippen LogP) is 1.27. The summed E-state index contributed by atoms with van der Waals surface area (Å²) >= 11 is 0. The molecule has 2 fully saturated rings. The lowest BCUT2D eigenvalue weighted by atomic mass is 9.80. The highest BCUT2D eigenvalue weighted by Gasteiger charge is 2.28. The van der Waals surface area contributed by atoms with E-state index in [1.54, 1.807) is 0 Å². The van der Waals surface area contributed by atoms with E-state index in [0.717, 1.165) is 64.5 Å². The lowest BCUT2D eigenvalue weighted by Crippen LogP contribution is -2.44. The first-order valence-corrected chi connectivity index (χ1v) is 7.40. The molecule has 2 aliphatic rings. The van der Waals surface area contributed by atoms with Gasteiger partial charge in [-0.05, 0) is 44.4 Å². The summed E-state index contributed by atoms with van der Waals surface area (Å²) in [5, 5.41) is 9.75. The summed E-state index contributed by atoms with van der Waals surface area (Å²) in [5.41, 5.74) is 6.04. The molecular weight excluding hydrogens is 228 g/mol. The molecule has 0 bridgehead atoms. The summed E-state index contributed by atoms with van der Waals surface area (Å²) in [6.45, 7) is 1.80. The van der Waals surface area contributed by atoms with E-state index in [2.05, 4.69) is 0 Å². The van der Waals surface area contributed by atoms with Gasteiger partial charge >= 0.3 is 0 Å². The molecule has 0 aromatic carbocycles. The first-order chi connectivity index (χ1) is 8.68. The average Bonchev–Trinajstić information content (AvgIpc) is 2.37. The molecule has 3 unspecified atom stereocenters. The number of carbonyl (C=O) groups excluding carboxylic acids is 1. The van der Waals surface area contributed by atoms with Gasteiger partial charge in [-0.3, -0.25) is 4.79 Å². The van der Waals surface area contributed by atoms with Crippen LogP contribution in [-0.4, -0.2) is 41.1 Å². The van der Waals surface area contributed by atoms with Crippen molar-refractivity contribution >= 4 is 5.91 Å². The molecule has 1 amide bonds. The van der Waals surface area contributed by atoms with Crippen LogP contribution in [0.2, 0.25) is 0 Å². The zero-order valence-electron chi connectivity index (χ0n) is 11.2. The molecule has 4 nitrogen and oxygen atoms in total. The van der Waals surface area contributed by atoms with E-state index in [4.69, 9.17) is 5.73 Å². The van der Waals surface area contributed by atoms with E-state index < -0.39 is 0 Å². The molecule has 1 aliphatic carbocycles. The molecule has 1 heterocycles. The van der Waals surface area contributed by atoms with E-state index in [1.165, 1.54) is 0 Å². The van der Waals surface area contributed by atoms with Gasteiger partial charge in [0.05, 0.1) is 6.10 Å². The van der Waals surface area contributed by atoms with Crippen LogP contribution in [0.1, 0.15) is 51.4 Å². The standard InChI is InChI=1S/C14H26N2O2/c15-14-11(5-3-7-12(14)17)6-4-10-16-9-2-1-8-13(16)18/h11-12,14,17H,1-10,15H2. The second-order valence-electron chi connectivity index (χ2n) is 5.82. The minimum atomic E-state index is -0.319. The number of hydrogen-bond acceptors (Lipinski definition) is 3. The molecule has 0 spiro atoms. The van der Waals surface area contributed by atoms with Crippen LogP contribution in [0.5, 0.6) is 0 Å². The van der Waals surface area contributed by atoms with Crippen molar-refractivity contribution in [1.29, 1.82) is 0 Å². The Labute approximate surface area is 110 Å².